The normalized spacial score (nSPS) is 24.8. The molecule has 1 aromatic carbocycles. The molecule has 1 atom stereocenters. The van der Waals surface area contributed by atoms with E-state index in [2.05, 4.69) is 47.1 Å². The van der Waals surface area contributed by atoms with Crippen molar-refractivity contribution >= 4 is 5.69 Å². The lowest BCUT2D eigenvalue weighted by molar-refractivity contribution is 0.204. The summed E-state index contributed by atoms with van der Waals surface area (Å²) in [5.74, 6) is 0.268. The maximum absolute atomic E-state index is 9.02. The minimum absolute atomic E-state index is 0.268. The molecule has 3 rings (SSSR count). The zero-order chi connectivity index (χ0) is 13.9. The molecule has 2 aliphatic rings. The molecular formula is C17H23N3. The Morgan fingerprint density at radius 1 is 1.10 bits per heavy atom. The fraction of sp³-hybridized carbons (Fsp3) is 0.588. The molecule has 0 saturated carbocycles. The number of likely N-dealkylation sites (tertiary alicyclic amines) is 1. The van der Waals surface area contributed by atoms with Gasteiger partial charge in [0, 0.05) is 31.4 Å². The number of anilines is 1. The van der Waals surface area contributed by atoms with E-state index in [9.17, 15) is 0 Å². The van der Waals surface area contributed by atoms with Crippen molar-refractivity contribution in [1.82, 2.24) is 4.90 Å². The summed E-state index contributed by atoms with van der Waals surface area (Å²) < 4.78 is 0. The number of nitriles is 1. The lowest BCUT2D eigenvalue weighted by atomic mass is 10.0. The molecule has 20 heavy (non-hydrogen) atoms. The summed E-state index contributed by atoms with van der Waals surface area (Å²) in [6.07, 6.45) is 3.52. The van der Waals surface area contributed by atoms with Crippen LogP contribution in [0.3, 0.4) is 0 Å². The summed E-state index contributed by atoms with van der Waals surface area (Å²) in [5, 5.41) is 9.02. The molecule has 2 saturated heterocycles. The second-order valence-electron chi connectivity index (χ2n) is 6.11. The molecule has 0 spiro atoms. The Labute approximate surface area is 121 Å². The van der Waals surface area contributed by atoms with E-state index in [0.717, 1.165) is 32.6 Å². The third-order valence-electron chi connectivity index (χ3n) is 4.84. The molecule has 1 unspecified atom stereocenters. The van der Waals surface area contributed by atoms with E-state index >= 15 is 0 Å². The van der Waals surface area contributed by atoms with Crippen LogP contribution in [0.25, 0.3) is 0 Å². The van der Waals surface area contributed by atoms with Gasteiger partial charge < -0.3 is 4.90 Å². The fourth-order valence-electron chi connectivity index (χ4n) is 3.61. The van der Waals surface area contributed by atoms with E-state index in [0.29, 0.717) is 6.04 Å². The molecule has 0 bridgehead atoms. The number of rotatable bonds is 2. The molecule has 3 nitrogen and oxygen atoms in total. The summed E-state index contributed by atoms with van der Waals surface area (Å²) in [4.78, 5) is 5.06. The number of aryl methyl sites for hydroxylation is 1. The van der Waals surface area contributed by atoms with Crippen LogP contribution in [0, 0.1) is 24.2 Å². The zero-order valence-corrected chi connectivity index (χ0v) is 12.3. The van der Waals surface area contributed by atoms with Gasteiger partial charge in [-0.3, -0.25) is 4.90 Å². The van der Waals surface area contributed by atoms with E-state index in [4.69, 9.17) is 5.26 Å². The van der Waals surface area contributed by atoms with Crippen LogP contribution in [0.2, 0.25) is 0 Å². The highest BCUT2D eigenvalue weighted by molar-refractivity contribution is 5.53. The van der Waals surface area contributed by atoms with Crippen LogP contribution in [0.1, 0.15) is 24.8 Å². The molecule has 0 N–H and O–H groups in total. The fourth-order valence-corrected chi connectivity index (χ4v) is 3.61. The van der Waals surface area contributed by atoms with Crippen molar-refractivity contribution in [1.29, 1.82) is 5.26 Å². The monoisotopic (exact) mass is 269 g/mol. The maximum atomic E-state index is 9.02. The Hall–Kier alpha value is -1.53. The van der Waals surface area contributed by atoms with Gasteiger partial charge in [-0.2, -0.15) is 5.26 Å². The summed E-state index contributed by atoms with van der Waals surface area (Å²) in [5.41, 5.74) is 2.76. The molecule has 2 fully saturated rings. The van der Waals surface area contributed by atoms with Gasteiger partial charge in [0.25, 0.3) is 0 Å². The van der Waals surface area contributed by atoms with Crippen LogP contribution >= 0.6 is 0 Å². The molecule has 0 radical (unpaired) electrons. The second-order valence-corrected chi connectivity index (χ2v) is 6.11. The standard InChI is InChI=1S/C17H23N3/c1-14-4-2-3-5-17(14)19-10-7-16(8-11-19)20-9-6-15(12-18)13-20/h2-5,15-16H,6-11,13H2,1H3. The topological polar surface area (TPSA) is 30.3 Å². The van der Waals surface area contributed by atoms with Crippen LogP contribution in [-0.2, 0) is 0 Å². The van der Waals surface area contributed by atoms with Gasteiger partial charge in [0.1, 0.15) is 0 Å². The zero-order valence-electron chi connectivity index (χ0n) is 12.3. The summed E-state index contributed by atoms with van der Waals surface area (Å²) >= 11 is 0. The minimum atomic E-state index is 0.268. The van der Waals surface area contributed by atoms with Gasteiger partial charge >= 0.3 is 0 Å². The number of nitrogens with zero attached hydrogens (tertiary/aromatic N) is 3. The Morgan fingerprint density at radius 3 is 2.50 bits per heavy atom. The van der Waals surface area contributed by atoms with E-state index in [1.807, 2.05) is 0 Å². The minimum Gasteiger partial charge on any atom is -0.371 e. The summed E-state index contributed by atoms with van der Waals surface area (Å²) in [7, 11) is 0. The molecule has 0 amide bonds. The molecule has 2 heterocycles. The average Bonchev–Trinajstić information content (AvgIpc) is 2.97. The summed E-state index contributed by atoms with van der Waals surface area (Å²) in [6.45, 7) is 6.59. The molecule has 2 aliphatic heterocycles. The van der Waals surface area contributed by atoms with Crippen LogP contribution in [0.5, 0.6) is 0 Å². The number of para-hydroxylation sites is 1. The lowest BCUT2D eigenvalue weighted by Gasteiger charge is -2.38. The average molecular weight is 269 g/mol. The highest BCUT2D eigenvalue weighted by atomic mass is 15.2. The predicted octanol–water partition coefficient (Wildman–Crippen LogP) is 2.81. The molecular weight excluding hydrogens is 246 g/mol. The van der Waals surface area contributed by atoms with Gasteiger partial charge in [-0.1, -0.05) is 18.2 Å². The second kappa shape index (κ2) is 5.85. The van der Waals surface area contributed by atoms with Crippen molar-refractivity contribution in [3.05, 3.63) is 29.8 Å². The Kier molecular flexibility index (Phi) is 3.93. The highest BCUT2D eigenvalue weighted by Crippen LogP contribution is 2.27. The van der Waals surface area contributed by atoms with Gasteiger partial charge in [-0.05, 0) is 44.4 Å². The Morgan fingerprint density at radius 2 is 1.85 bits per heavy atom. The Bertz CT molecular complexity index is 497. The molecule has 0 aliphatic carbocycles. The smallest absolute Gasteiger partial charge is 0.0669 e. The van der Waals surface area contributed by atoms with Crippen molar-refractivity contribution in [3.63, 3.8) is 0 Å². The van der Waals surface area contributed by atoms with Gasteiger partial charge in [-0.25, -0.2) is 0 Å². The number of benzene rings is 1. The van der Waals surface area contributed by atoms with E-state index in [1.54, 1.807) is 0 Å². The molecule has 106 valence electrons. The first-order valence-corrected chi connectivity index (χ1v) is 7.72. The highest BCUT2D eigenvalue weighted by Gasteiger charge is 2.30. The number of piperidine rings is 1. The SMILES string of the molecule is Cc1ccccc1N1CCC(N2CCC(C#N)C2)CC1. The van der Waals surface area contributed by atoms with Crippen molar-refractivity contribution in [2.45, 2.75) is 32.2 Å². The first-order valence-electron chi connectivity index (χ1n) is 7.72. The van der Waals surface area contributed by atoms with E-state index < -0.39 is 0 Å². The van der Waals surface area contributed by atoms with Gasteiger partial charge in [-0.15, -0.1) is 0 Å². The van der Waals surface area contributed by atoms with Crippen molar-refractivity contribution in [2.24, 2.45) is 5.92 Å². The van der Waals surface area contributed by atoms with Crippen LogP contribution in [0.15, 0.2) is 24.3 Å². The number of hydrogen-bond acceptors (Lipinski definition) is 3. The van der Waals surface area contributed by atoms with E-state index in [1.165, 1.54) is 24.1 Å². The predicted molar refractivity (Wildman–Crippen MR) is 81.7 cm³/mol. The first-order chi connectivity index (χ1) is 9.78. The Balaban J connectivity index is 1.58. The van der Waals surface area contributed by atoms with Gasteiger partial charge in [0.2, 0.25) is 0 Å². The van der Waals surface area contributed by atoms with Crippen molar-refractivity contribution in [2.75, 3.05) is 31.1 Å². The van der Waals surface area contributed by atoms with Gasteiger partial charge in [0.05, 0.1) is 12.0 Å². The maximum Gasteiger partial charge on any atom is 0.0669 e. The van der Waals surface area contributed by atoms with Gasteiger partial charge in [0.15, 0.2) is 0 Å². The lowest BCUT2D eigenvalue weighted by Crippen LogP contribution is -2.44. The van der Waals surface area contributed by atoms with Crippen molar-refractivity contribution in [3.8, 4) is 6.07 Å². The molecule has 1 aromatic rings. The molecule has 3 heteroatoms. The largest absolute Gasteiger partial charge is 0.371 e. The first kappa shape index (κ1) is 13.5. The van der Waals surface area contributed by atoms with Crippen LogP contribution in [-0.4, -0.2) is 37.1 Å². The summed E-state index contributed by atoms with van der Waals surface area (Å²) in [6, 6.07) is 11.8. The van der Waals surface area contributed by atoms with Crippen molar-refractivity contribution < 1.29 is 0 Å². The van der Waals surface area contributed by atoms with Crippen LogP contribution in [0.4, 0.5) is 5.69 Å². The van der Waals surface area contributed by atoms with Crippen LogP contribution < -0.4 is 4.90 Å². The number of hydrogen-bond donors (Lipinski definition) is 0. The third-order valence-corrected chi connectivity index (χ3v) is 4.84. The quantitative estimate of drug-likeness (QED) is 0.827. The molecule has 0 aromatic heterocycles. The third kappa shape index (κ3) is 2.66. The van der Waals surface area contributed by atoms with E-state index in [-0.39, 0.29) is 5.92 Å².